The maximum Gasteiger partial charge on any atom is 0.208 e. The van der Waals surface area contributed by atoms with E-state index in [9.17, 15) is 8.42 Å². The summed E-state index contributed by atoms with van der Waals surface area (Å²) in [5.74, 6) is 0.882. The topological polar surface area (TPSA) is 74.8 Å². The number of hydrogen-bond donors (Lipinski definition) is 2. The van der Waals surface area contributed by atoms with Gasteiger partial charge in [0.05, 0.1) is 6.26 Å². The van der Waals surface area contributed by atoms with Gasteiger partial charge in [-0.2, -0.15) is 0 Å². The number of hydrogen-bond acceptors (Lipinski definition) is 3. The molecule has 0 aliphatic carbocycles. The molecule has 0 aliphatic rings. The molecule has 0 radical (unpaired) electrons. The van der Waals surface area contributed by atoms with Gasteiger partial charge in [0, 0.05) is 24.9 Å². The van der Waals surface area contributed by atoms with Gasteiger partial charge in [-0.25, -0.2) is 18.1 Å². The summed E-state index contributed by atoms with van der Waals surface area (Å²) in [6.07, 6.45) is 6.08. The molecule has 2 N–H and O–H groups in total. The number of nitrogens with one attached hydrogen (secondary N) is 2. The SMILES string of the molecule is CC(CCc1ncc[nH]1)NS(C)(=O)=O. The van der Waals surface area contributed by atoms with Crippen molar-refractivity contribution >= 4 is 10.0 Å². The third kappa shape index (κ3) is 4.38. The monoisotopic (exact) mass is 217 g/mol. The van der Waals surface area contributed by atoms with Crippen LogP contribution in [0.2, 0.25) is 0 Å². The largest absolute Gasteiger partial charge is 0.349 e. The Balaban J connectivity index is 2.32. The summed E-state index contributed by atoms with van der Waals surface area (Å²) in [4.78, 5) is 7.02. The fourth-order valence-corrected chi connectivity index (χ4v) is 2.06. The molecule has 14 heavy (non-hydrogen) atoms. The van der Waals surface area contributed by atoms with Gasteiger partial charge in [0.15, 0.2) is 0 Å². The normalized spacial score (nSPS) is 14.1. The molecule has 1 unspecified atom stereocenters. The maximum absolute atomic E-state index is 10.9. The molecule has 1 rings (SSSR count). The molecule has 5 nitrogen and oxygen atoms in total. The molecule has 0 fully saturated rings. The van der Waals surface area contributed by atoms with Gasteiger partial charge in [-0.05, 0) is 13.3 Å². The summed E-state index contributed by atoms with van der Waals surface area (Å²) < 4.78 is 24.2. The highest BCUT2D eigenvalue weighted by molar-refractivity contribution is 7.88. The fraction of sp³-hybridized carbons (Fsp3) is 0.625. The Bertz CT molecular complexity index is 358. The second-order valence-corrected chi connectivity index (χ2v) is 5.15. The Morgan fingerprint density at radius 3 is 2.86 bits per heavy atom. The Labute approximate surface area is 84.0 Å². The number of aryl methyl sites for hydroxylation is 1. The van der Waals surface area contributed by atoms with Crippen LogP contribution in [0.4, 0.5) is 0 Å². The van der Waals surface area contributed by atoms with Crippen molar-refractivity contribution in [3.05, 3.63) is 18.2 Å². The van der Waals surface area contributed by atoms with E-state index < -0.39 is 10.0 Å². The molecule has 80 valence electrons. The highest BCUT2D eigenvalue weighted by atomic mass is 32.2. The summed E-state index contributed by atoms with van der Waals surface area (Å²) in [6, 6.07) is -0.0601. The molecule has 0 bridgehead atoms. The van der Waals surface area contributed by atoms with Crippen molar-refractivity contribution in [2.75, 3.05) is 6.26 Å². The third-order valence-corrected chi connectivity index (χ3v) is 2.61. The smallest absolute Gasteiger partial charge is 0.208 e. The van der Waals surface area contributed by atoms with Crippen molar-refractivity contribution in [1.82, 2.24) is 14.7 Å². The lowest BCUT2D eigenvalue weighted by molar-refractivity contribution is 0.549. The minimum atomic E-state index is -3.09. The van der Waals surface area contributed by atoms with E-state index >= 15 is 0 Å². The maximum atomic E-state index is 10.9. The number of aromatic nitrogens is 2. The highest BCUT2D eigenvalue weighted by Crippen LogP contribution is 1.99. The van der Waals surface area contributed by atoms with E-state index in [1.807, 2.05) is 6.92 Å². The van der Waals surface area contributed by atoms with Crippen LogP contribution in [0.1, 0.15) is 19.2 Å². The van der Waals surface area contributed by atoms with Crippen molar-refractivity contribution in [3.63, 3.8) is 0 Å². The van der Waals surface area contributed by atoms with Crippen LogP contribution in [0.5, 0.6) is 0 Å². The second-order valence-electron chi connectivity index (χ2n) is 3.37. The number of nitrogens with zero attached hydrogens (tertiary/aromatic N) is 1. The Kier molecular flexibility index (Phi) is 3.65. The predicted molar refractivity (Wildman–Crippen MR) is 54.4 cm³/mol. The third-order valence-electron chi connectivity index (χ3n) is 1.78. The number of rotatable bonds is 5. The van der Waals surface area contributed by atoms with Crippen LogP contribution < -0.4 is 4.72 Å². The van der Waals surface area contributed by atoms with Crippen molar-refractivity contribution in [1.29, 1.82) is 0 Å². The van der Waals surface area contributed by atoms with Crippen molar-refractivity contribution in [2.45, 2.75) is 25.8 Å². The van der Waals surface area contributed by atoms with E-state index in [-0.39, 0.29) is 6.04 Å². The zero-order valence-electron chi connectivity index (χ0n) is 8.32. The summed E-state index contributed by atoms with van der Waals surface area (Å²) in [6.45, 7) is 1.84. The molecular weight excluding hydrogens is 202 g/mol. The first kappa shape index (κ1) is 11.2. The van der Waals surface area contributed by atoms with Crippen LogP contribution >= 0.6 is 0 Å². The summed E-state index contributed by atoms with van der Waals surface area (Å²) in [5, 5.41) is 0. The molecule has 0 saturated heterocycles. The molecule has 1 heterocycles. The lowest BCUT2D eigenvalue weighted by atomic mass is 10.2. The first-order valence-corrected chi connectivity index (χ1v) is 6.32. The first-order valence-electron chi connectivity index (χ1n) is 4.43. The molecule has 0 spiro atoms. The number of H-pyrrole nitrogens is 1. The van der Waals surface area contributed by atoms with E-state index in [0.29, 0.717) is 0 Å². The van der Waals surface area contributed by atoms with Crippen LogP contribution in [0.25, 0.3) is 0 Å². The van der Waals surface area contributed by atoms with E-state index in [0.717, 1.165) is 24.9 Å². The van der Waals surface area contributed by atoms with Crippen LogP contribution in [-0.2, 0) is 16.4 Å². The lowest BCUT2D eigenvalue weighted by Gasteiger charge is -2.10. The molecule has 0 amide bonds. The zero-order valence-corrected chi connectivity index (χ0v) is 9.13. The first-order chi connectivity index (χ1) is 6.47. The minimum Gasteiger partial charge on any atom is -0.349 e. The van der Waals surface area contributed by atoms with Gasteiger partial charge in [0.25, 0.3) is 0 Å². The van der Waals surface area contributed by atoms with Gasteiger partial charge in [0.1, 0.15) is 5.82 Å². The van der Waals surface area contributed by atoms with Crippen molar-refractivity contribution in [3.8, 4) is 0 Å². The average molecular weight is 217 g/mol. The fourth-order valence-electron chi connectivity index (χ4n) is 1.21. The van der Waals surface area contributed by atoms with Crippen LogP contribution in [0.3, 0.4) is 0 Å². The Morgan fingerprint density at radius 1 is 1.64 bits per heavy atom. The average Bonchev–Trinajstić information content (AvgIpc) is 2.49. The number of imidazole rings is 1. The van der Waals surface area contributed by atoms with Gasteiger partial charge in [-0.1, -0.05) is 0 Å². The van der Waals surface area contributed by atoms with Gasteiger partial charge < -0.3 is 4.98 Å². The van der Waals surface area contributed by atoms with E-state index in [2.05, 4.69) is 14.7 Å². The quantitative estimate of drug-likeness (QED) is 0.744. The minimum absolute atomic E-state index is 0.0601. The molecule has 1 aromatic rings. The molecule has 0 saturated carbocycles. The van der Waals surface area contributed by atoms with E-state index in [1.165, 1.54) is 0 Å². The van der Waals surface area contributed by atoms with Crippen LogP contribution in [0, 0.1) is 0 Å². The molecule has 0 aliphatic heterocycles. The Morgan fingerprint density at radius 2 is 2.36 bits per heavy atom. The number of aromatic amines is 1. The zero-order chi connectivity index (χ0) is 10.6. The predicted octanol–water partition coefficient (Wildman–Crippen LogP) is 0.280. The number of sulfonamides is 1. The second kappa shape index (κ2) is 4.56. The van der Waals surface area contributed by atoms with Crippen LogP contribution in [0.15, 0.2) is 12.4 Å². The summed E-state index contributed by atoms with van der Waals surface area (Å²) in [7, 11) is -3.09. The van der Waals surface area contributed by atoms with Crippen molar-refractivity contribution in [2.24, 2.45) is 0 Å². The molecule has 6 heteroatoms. The van der Waals surface area contributed by atoms with Crippen LogP contribution in [-0.4, -0.2) is 30.7 Å². The molecule has 1 atom stereocenters. The van der Waals surface area contributed by atoms with Crippen molar-refractivity contribution < 1.29 is 8.42 Å². The van der Waals surface area contributed by atoms with Gasteiger partial charge in [-0.3, -0.25) is 0 Å². The molecule has 1 aromatic heterocycles. The van der Waals surface area contributed by atoms with Gasteiger partial charge in [0.2, 0.25) is 10.0 Å². The Hall–Kier alpha value is -0.880. The summed E-state index contributed by atoms with van der Waals surface area (Å²) in [5.41, 5.74) is 0. The standard InChI is InChI=1S/C8H15N3O2S/c1-7(11-14(2,12)13)3-4-8-9-5-6-10-8/h5-7,11H,3-4H2,1-2H3,(H,9,10). The molecule has 0 aromatic carbocycles. The van der Waals surface area contributed by atoms with Gasteiger partial charge in [-0.15, -0.1) is 0 Å². The van der Waals surface area contributed by atoms with E-state index in [1.54, 1.807) is 12.4 Å². The van der Waals surface area contributed by atoms with Gasteiger partial charge >= 0.3 is 0 Å². The summed E-state index contributed by atoms with van der Waals surface area (Å²) >= 11 is 0. The molecular formula is C8H15N3O2S. The highest BCUT2D eigenvalue weighted by Gasteiger charge is 2.08. The lowest BCUT2D eigenvalue weighted by Crippen LogP contribution is -2.31. The van der Waals surface area contributed by atoms with E-state index in [4.69, 9.17) is 0 Å².